The smallest absolute Gasteiger partial charge is 0.244 e. The van der Waals surface area contributed by atoms with Crippen LogP contribution in [-0.2, 0) is 11.3 Å². The van der Waals surface area contributed by atoms with Crippen LogP contribution in [0.3, 0.4) is 0 Å². The van der Waals surface area contributed by atoms with Crippen LogP contribution < -0.4 is 0 Å². The van der Waals surface area contributed by atoms with Crippen LogP contribution in [0.25, 0.3) is 0 Å². The lowest BCUT2D eigenvalue weighted by Gasteiger charge is -2.42. The van der Waals surface area contributed by atoms with Crippen LogP contribution in [0, 0.1) is 18.3 Å². The first-order valence-electron chi connectivity index (χ1n) is 7.99. The second-order valence-electron chi connectivity index (χ2n) is 6.88. The Hall–Kier alpha value is -1.36. The largest absolute Gasteiger partial charge is 0.396 e. The molecule has 1 amide bonds. The van der Waals surface area contributed by atoms with E-state index in [1.807, 2.05) is 24.1 Å². The molecule has 0 radical (unpaired) electrons. The molecule has 1 N–H and O–H groups in total. The van der Waals surface area contributed by atoms with Crippen LogP contribution in [0.4, 0.5) is 0 Å². The van der Waals surface area contributed by atoms with E-state index in [1.54, 1.807) is 4.68 Å². The molecule has 2 aliphatic rings. The number of nitrogens with zero attached hydrogens (tertiary/aromatic N) is 3. The molecule has 1 aromatic heterocycles. The zero-order chi connectivity index (χ0) is 14.9. The number of aromatic nitrogens is 2. The second kappa shape index (κ2) is 5.79. The van der Waals surface area contributed by atoms with Crippen molar-refractivity contribution in [3.05, 3.63) is 18.0 Å². The predicted octanol–water partition coefficient (Wildman–Crippen LogP) is 1.59. The number of rotatable bonds is 5. The number of aryl methyl sites for hydroxylation is 1. The lowest BCUT2D eigenvalue weighted by atomic mass is 9.76. The van der Waals surface area contributed by atoms with Crippen LogP contribution in [0.15, 0.2) is 12.3 Å². The van der Waals surface area contributed by atoms with Crippen LogP contribution >= 0.6 is 0 Å². The lowest BCUT2D eigenvalue weighted by Crippen LogP contribution is -2.49. The fourth-order valence-electron chi connectivity index (χ4n) is 3.51. The van der Waals surface area contributed by atoms with E-state index in [1.165, 1.54) is 12.8 Å². The molecule has 116 valence electrons. The topological polar surface area (TPSA) is 58.4 Å². The van der Waals surface area contributed by atoms with Gasteiger partial charge in [-0.15, -0.1) is 0 Å². The first kappa shape index (κ1) is 14.6. The van der Waals surface area contributed by atoms with E-state index < -0.39 is 0 Å². The van der Waals surface area contributed by atoms with Crippen molar-refractivity contribution in [3.8, 4) is 0 Å². The van der Waals surface area contributed by atoms with Gasteiger partial charge in [0, 0.05) is 24.7 Å². The molecule has 21 heavy (non-hydrogen) atoms. The summed E-state index contributed by atoms with van der Waals surface area (Å²) in [5.74, 6) is 0.896. The van der Waals surface area contributed by atoms with E-state index in [-0.39, 0.29) is 17.9 Å². The predicted molar refractivity (Wildman–Crippen MR) is 79.6 cm³/mol. The van der Waals surface area contributed by atoms with Gasteiger partial charge < -0.3 is 10.0 Å². The van der Waals surface area contributed by atoms with Crippen LogP contribution in [0.5, 0.6) is 0 Å². The Morgan fingerprint density at radius 2 is 2.33 bits per heavy atom. The molecule has 1 atom stereocenters. The number of carbonyl (C=O) groups excluding carboxylic acids is 1. The van der Waals surface area contributed by atoms with E-state index in [0.29, 0.717) is 13.1 Å². The molecule has 0 spiro atoms. The Bertz CT molecular complexity index is 509. The monoisotopic (exact) mass is 291 g/mol. The summed E-state index contributed by atoms with van der Waals surface area (Å²) >= 11 is 0. The molecule has 2 heterocycles. The zero-order valence-electron chi connectivity index (χ0n) is 12.8. The Labute approximate surface area is 125 Å². The molecule has 0 aromatic carbocycles. The molecule has 1 saturated carbocycles. The van der Waals surface area contributed by atoms with E-state index in [9.17, 15) is 9.90 Å². The van der Waals surface area contributed by atoms with Gasteiger partial charge in [0.2, 0.25) is 5.91 Å². The van der Waals surface area contributed by atoms with Gasteiger partial charge in [-0.05, 0) is 38.2 Å². The van der Waals surface area contributed by atoms with Gasteiger partial charge >= 0.3 is 0 Å². The first-order chi connectivity index (χ1) is 10.1. The molecule has 5 nitrogen and oxygen atoms in total. The fourth-order valence-corrected chi connectivity index (χ4v) is 3.51. The average Bonchev–Trinajstić information content (AvgIpc) is 3.19. The molecule has 0 bridgehead atoms. The van der Waals surface area contributed by atoms with Gasteiger partial charge in [-0.3, -0.25) is 9.48 Å². The third kappa shape index (κ3) is 3.46. The highest BCUT2D eigenvalue weighted by Crippen LogP contribution is 2.44. The minimum Gasteiger partial charge on any atom is -0.396 e. The molecule has 1 aliphatic carbocycles. The summed E-state index contributed by atoms with van der Waals surface area (Å²) in [6.07, 6.45) is 7.56. The van der Waals surface area contributed by atoms with Crippen molar-refractivity contribution in [1.29, 1.82) is 0 Å². The van der Waals surface area contributed by atoms with E-state index in [2.05, 4.69) is 5.10 Å². The second-order valence-corrected chi connectivity index (χ2v) is 6.88. The number of likely N-dealkylation sites (tertiary alicyclic amines) is 1. The number of hydrogen-bond donors (Lipinski definition) is 1. The molecule has 3 rings (SSSR count). The highest BCUT2D eigenvalue weighted by atomic mass is 16.3. The molecule has 1 saturated heterocycles. The molecule has 2 fully saturated rings. The summed E-state index contributed by atoms with van der Waals surface area (Å²) in [6.45, 7) is 3.95. The highest BCUT2D eigenvalue weighted by molar-refractivity contribution is 5.76. The van der Waals surface area contributed by atoms with E-state index >= 15 is 0 Å². The summed E-state index contributed by atoms with van der Waals surface area (Å²) in [6, 6.07) is 1.91. The quantitative estimate of drug-likeness (QED) is 0.896. The van der Waals surface area contributed by atoms with Gasteiger partial charge in [0.15, 0.2) is 0 Å². The number of aliphatic hydroxyl groups is 1. The van der Waals surface area contributed by atoms with Crippen LogP contribution in [-0.4, -0.2) is 45.4 Å². The maximum absolute atomic E-state index is 12.5. The number of hydrogen-bond acceptors (Lipinski definition) is 3. The Balaban J connectivity index is 1.62. The summed E-state index contributed by atoms with van der Waals surface area (Å²) in [5.41, 5.74) is 0.870. The third-order valence-electron chi connectivity index (χ3n) is 4.84. The molecule has 5 heteroatoms. The molecule has 1 aromatic rings. The third-order valence-corrected chi connectivity index (χ3v) is 4.84. The van der Waals surface area contributed by atoms with E-state index in [4.69, 9.17) is 0 Å². The maximum Gasteiger partial charge on any atom is 0.244 e. The van der Waals surface area contributed by atoms with E-state index in [0.717, 1.165) is 37.4 Å². The fraction of sp³-hybridized carbons (Fsp3) is 0.750. The van der Waals surface area contributed by atoms with Crippen molar-refractivity contribution in [2.24, 2.45) is 11.3 Å². The molecular formula is C16H25N3O2. The number of amides is 1. The highest BCUT2D eigenvalue weighted by Gasteiger charge is 2.40. The van der Waals surface area contributed by atoms with Crippen molar-refractivity contribution in [1.82, 2.24) is 14.7 Å². The number of piperidine rings is 1. The molecular weight excluding hydrogens is 266 g/mol. The first-order valence-corrected chi connectivity index (χ1v) is 7.99. The SMILES string of the molecule is Cc1ccn(CC(=O)N2CCC[C@@](CO)(CC3CC3)C2)n1. The van der Waals surface area contributed by atoms with Gasteiger partial charge in [0.25, 0.3) is 0 Å². The maximum atomic E-state index is 12.5. The summed E-state index contributed by atoms with van der Waals surface area (Å²) in [7, 11) is 0. The van der Waals surface area contributed by atoms with Crippen LogP contribution in [0.1, 0.15) is 37.8 Å². The van der Waals surface area contributed by atoms with Crippen molar-refractivity contribution in [2.45, 2.75) is 45.6 Å². The zero-order valence-corrected chi connectivity index (χ0v) is 12.8. The Kier molecular flexibility index (Phi) is 4.02. The average molecular weight is 291 g/mol. The van der Waals surface area contributed by atoms with Crippen molar-refractivity contribution >= 4 is 5.91 Å². The van der Waals surface area contributed by atoms with Gasteiger partial charge in [-0.25, -0.2) is 0 Å². The van der Waals surface area contributed by atoms with Crippen molar-refractivity contribution < 1.29 is 9.90 Å². The lowest BCUT2D eigenvalue weighted by molar-refractivity contribution is -0.136. The molecule has 1 aliphatic heterocycles. The summed E-state index contributed by atoms with van der Waals surface area (Å²) < 4.78 is 1.70. The Morgan fingerprint density at radius 1 is 1.52 bits per heavy atom. The van der Waals surface area contributed by atoms with Crippen LogP contribution in [0.2, 0.25) is 0 Å². The van der Waals surface area contributed by atoms with Crippen molar-refractivity contribution in [2.75, 3.05) is 19.7 Å². The summed E-state index contributed by atoms with van der Waals surface area (Å²) in [5, 5.41) is 14.1. The standard InChI is InChI=1S/C16H25N3O2/c1-13-5-8-19(17-13)10-15(21)18-7-2-6-16(11-18,12-20)9-14-3-4-14/h5,8,14,20H,2-4,6-7,9-12H2,1H3/t16-/m1/s1. The van der Waals surface area contributed by atoms with Gasteiger partial charge in [-0.2, -0.15) is 5.10 Å². The van der Waals surface area contributed by atoms with Gasteiger partial charge in [0.1, 0.15) is 6.54 Å². The normalized spacial score (nSPS) is 26.1. The van der Waals surface area contributed by atoms with Crippen molar-refractivity contribution in [3.63, 3.8) is 0 Å². The number of aliphatic hydroxyl groups excluding tert-OH is 1. The minimum atomic E-state index is -0.0604. The minimum absolute atomic E-state index is 0.0604. The van der Waals surface area contributed by atoms with Gasteiger partial charge in [0.05, 0.1) is 12.3 Å². The van der Waals surface area contributed by atoms with Gasteiger partial charge in [-0.1, -0.05) is 12.8 Å². The Morgan fingerprint density at radius 3 is 2.95 bits per heavy atom. The number of carbonyl (C=O) groups is 1. The molecule has 0 unspecified atom stereocenters. The summed E-state index contributed by atoms with van der Waals surface area (Å²) in [4.78, 5) is 14.4.